The maximum absolute atomic E-state index is 13.2. The van der Waals surface area contributed by atoms with Crippen molar-refractivity contribution < 1.29 is 17.6 Å². The molecular formula is C23H28FN7O3S. The molecule has 0 aliphatic carbocycles. The molecule has 2 heterocycles. The first-order chi connectivity index (χ1) is 16.8. The molecule has 0 radical (unpaired) electrons. The van der Waals surface area contributed by atoms with Gasteiger partial charge in [0.15, 0.2) is 5.82 Å². The Morgan fingerprint density at radius 2 is 1.60 bits per heavy atom. The second kappa shape index (κ2) is 10.6. The second-order valence-electron chi connectivity index (χ2n) is 8.17. The Morgan fingerprint density at radius 1 is 0.971 bits per heavy atom. The molecule has 0 bridgehead atoms. The lowest BCUT2D eigenvalue weighted by Gasteiger charge is -2.34. The van der Waals surface area contributed by atoms with Gasteiger partial charge in [0, 0.05) is 44.8 Å². The first-order valence-corrected chi connectivity index (χ1v) is 12.9. The van der Waals surface area contributed by atoms with E-state index in [1.165, 1.54) is 28.6 Å². The van der Waals surface area contributed by atoms with Crippen molar-refractivity contribution in [2.45, 2.75) is 25.3 Å². The van der Waals surface area contributed by atoms with Gasteiger partial charge in [-0.1, -0.05) is 13.8 Å². The fraction of sp³-hybridized carbons (Fsp3) is 0.391. The van der Waals surface area contributed by atoms with E-state index in [0.717, 1.165) is 0 Å². The number of aromatic nitrogens is 4. The first kappa shape index (κ1) is 24.9. The fourth-order valence-corrected chi connectivity index (χ4v) is 5.52. The van der Waals surface area contributed by atoms with Gasteiger partial charge in [-0.05, 0) is 59.0 Å². The third-order valence-electron chi connectivity index (χ3n) is 6.07. The van der Waals surface area contributed by atoms with E-state index in [9.17, 15) is 17.6 Å². The zero-order chi connectivity index (χ0) is 25.0. The minimum absolute atomic E-state index is 0.132. The van der Waals surface area contributed by atoms with Crippen molar-refractivity contribution in [2.24, 2.45) is 0 Å². The highest BCUT2D eigenvalue weighted by Crippen LogP contribution is 2.18. The standard InChI is InChI=1S/C23H28FN7O3S/c1-3-30(4-2)35(33,34)21-11-5-18(6-12-21)23(32)29-15-13-28(14-16-29)17-22-25-26-27-31(22)20-9-7-19(24)8-10-20/h5-12H,3-4,13-17H2,1-2H3. The lowest BCUT2D eigenvalue weighted by molar-refractivity contribution is 0.0624. The Hall–Kier alpha value is -3.22. The van der Waals surface area contributed by atoms with Crippen LogP contribution in [0.4, 0.5) is 4.39 Å². The summed E-state index contributed by atoms with van der Waals surface area (Å²) < 4.78 is 41.5. The summed E-state index contributed by atoms with van der Waals surface area (Å²) >= 11 is 0. The van der Waals surface area contributed by atoms with Crippen LogP contribution < -0.4 is 0 Å². The normalized spacial score (nSPS) is 15.0. The van der Waals surface area contributed by atoms with E-state index >= 15 is 0 Å². The Balaban J connectivity index is 1.36. The van der Waals surface area contributed by atoms with E-state index in [0.29, 0.717) is 62.9 Å². The molecule has 0 atom stereocenters. The van der Waals surface area contributed by atoms with Crippen molar-refractivity contribution in [2.75, 3.05) is 39.3 Å². The van der Waals surface area contributed by atoms with E-state index in [-0.39, 0.29) is 16.6 Å². The summed E-state index contributed by atoms with van der Waals surface area (Å²) in [5.74, 6) is 0.165. The van der Waals surface area contributed by atoms with Crippen LogP contribution in [0.15, 0.2) is 53.4 Å². The average molecular weight is 502 g/mol. The highest BCUT2D eigenvalue weighted by molar-refractivity contribution is 7.89. The molecule has 186 valence electrons. The molecule has 12 heteroatoms. The van der Waals surface area contributed by atoms with Crippen LogP contribution in [-0.4, -0.2) is 87.9 Å². The summed E-state index contributed by atoms with van der Waals surface area (Å²) in [7, 11) is -3.56. The van der Waals surface area contributed by atoms with Crippen molar-refractivity contribution in [3.05, 3.63) is 65.7 Å². The van der Waals surface area contributed by atoms with Crippen molar-refractivity contribution in [1.82, 2.24) is 34.3 Å². The van der Waals surface area contributed by atoms with Crippen LogP contribution in [0.25, 0.3) is 5.69 Å². The van der Waals surface area contributed by atoms with Crippen LogP contribution in [0.5, 0.6) is 0 Å². The molecule has 1 aliphatic heterocycles. The number of hydrogen-bond acceptors (Lipinski definition) is 7. The summed E-state index contributed by atoms with van der Waals surface area (Å²) in [6.45, 7) is 7.17. The highest BCUT2D eigenvalue weighted by Gasteiger charge is 2.25. The van der Waals surface area contributed by atoms with Crippen LogP contribution in [0.3, 0.4) is 0 Å². The third kappa shape index (κ3) is 5.39. The summed E-state index contributed by atoms with van der Waals surface area (Å²) in [5, 5.41) is 11.9. The van der Waals surface area contributed by atoms with Gasteiger partial charge in [0.2, 0.25) is 10.0 Å². The molecule has 0 N–H and O–H groups in total. The molecule has 1 aromatic heterocycles. The van der Waals surface area contributed by atoms with E-state index in [2.05, 4.69) is 20.4 Å². The van der Waals surface area contributed by atoms with Crippen LogP contribution in [0, 0.1) is 5.82 Å². The topological polar surface area (TPSA) is 105 Å². The van der Waals surface area contributed by atoms with Gasteiger partial charge in [-0.3, -0.25) is 9.69 Å². The number of amides is 1. The minimum atomic E-state index is -3.56. The molecule has 1 fully saturated rings. The lowest BCUT2D eigenvalue weighted by Crippen LogP contribution is -2.48. The van der Waals surface area contributed by atoms with E-state index in [1.807, 2.05) is 0 Å². The van der Waals surface area contributed by atoms with E-state index in [1.54, 1.807) is 47.7 Å². The van der Waals surface area contributed by atoms with Gasteiger partial charge in [0.05, 0.1) is 17.1 Å². The number of sulfonamides is 1. The number of nitrogens with zero attached hydrogens (tertiary/aromatic N) is 7. The van der Waals surface area contributed by atoms with E-state index in [4.69, 9.17) is 0 Å². The summed E-state index contributed by atoms with van der Waals surface area (Å²) in [6.07, 6.45) is 0. The molecule has 1 aliphatic rings. The predicted molar refractivity (Wildman–Crippen MR) is 127 cm³/mol. The molecule has 0 saturated carbocycles. The Labute approximate surface area is 204 Å². The third-order valence-corrected chi connectivity index (χ3v) is 8.14. The van der Waals surface area contributed by atoms with Crippen molar-refractivity contribution in [1.29, 1.82) is 0 Å². The molecule has 1 amide bonds. The van der Waals surface area contributed by atoms with Crippen LogP contribution in [-0.2, 0) is 16.6 Å². The number of hydrogen-bond donors (Lipinski definition) is 0. The first-order valence-electron chi connectivity index (χ1n) is 11.5. The Kier molecular flexibility index (Phi) is 7.53. The van der Waals surface area contributed by atoms with Crippen molar-refractivity contribution in [3.8, 4) is 5.69 Å². The quantitative estimate of drug-likeness (QED) is 0.463. The number of tetrazole rings is 1. The molecule has 0 unspecified atom stereocenters. The zero-order valence-electron chi connectivity index (χ0n) is 19.7. The van der Waals surface area contributed by atoms with Crippen LogP contribution in [0.1, 0.15) is 30.0 Å². The molecular weight excluding hydrogens is 473 g/mol. The Bertz CT molecular complexity index is 1250. The average Bonchev–Trinajstić information content (AvgIpc) is 3.33. The number of halogens is 1. The van der Waals surface area contributed by atoms with Gasteiger partial charge in [-0.25, -0.2) is 12.8 Å². The number of benzene rings is 2. The van der Waals surface area contributed by atoms with Gasteiger partial charge in [-0.2, -0.15) is 8.99 Å². The minimum Gasteiger partial charge on any atom is -0.336 e. The smallest absolute Gasteiger partial charge is 0.253 e. The molecule has 3 aromatic rings. The van der Waals surface area contributed by atoms with Gasteiger partial charge < -0.3 is 4.90 Å². The molecule has 35 heavy (non-hydrogen) atoms. The van der Waals surface area contributed by atoms with Gasteiger partial charge >= 0.3 is 0 Å². The molecule has 1 saturated heterocycles. The lowest BCUT2D eigenvalue weighted by atomic mass is 10.2. The fourth-order valence-electron chi connectivity index (χ4n) is 4.06. The van der Waals surface area contributed by atoms with Gasteiger partial charge in [0.1, 0.15) is 5.82 Å². The Morgan fingerprint density at radius 3 is 2.20 bits per heavy atom. The number of rotatable bonds is 8. The van der Waals surface area contributed by atoms with E-state index < -0.39 is 10.0 Å². The van der Waals surface area contributed by atoms with Gasteiger partial charge in [0.25, 0.3) is 5.91 Å². The maximum Gasteiger partial charge on any atom is 0.253 e. The van der Waals surface area contributed by atoms with Crippen LogP contribution >= 0.6 is 0 Å². The largest absolute Gasteiger partial charge is 0.336 e. The van der Waals surface area contributed by atoms with Crippen LogP contribution in [0.2, 0.25) is 0 Å². The van der Waals surface area contributed by atoms with Gasteiger partial charge in [-0.15, -0.1) is 5.10 Å². The summed E-state index contributed by atoms with van der Waals surface area (Å²) in [4.78, 5) is 17.1. The SMILES string of the molecule is CCN(CC)S(=O)(=O)c1ccc(C(=O)N2CCN(Cc3nnnn3-c3ccc(F)cc3)CC2)cc1. The predicted octanol–water partition coefficient (Wildman–Crippen LogP) is 1.79. The zero-order valence-corrected chi connectivity index (χ0v) is 20.5. The molecule has 10 nitrogen and oxygen atoms in total. The highest BCUT2D eigenvalue weighted by atomic mass is 32.2. The second-order valence-corrected chi connectivity index (χ2v) is 10.1. The van der Waals surface area contributed by atoms with Crippen molar-refractivity contribution in [3.63, 3.8) is 0 Å². The maximum atomic E-state index is 13.2. The molecule has 0 spiro atoms. The molecule has 4 rings (SSSR count). The number of piperazine rings is 1. The number of carbonyl (C=O) groups is 1. The monoisotopic (exact) mass is 501 g/mol. The number of carbonyl (C=O) groups excluding carboxylic acids is 1. The summed E-state index contributed by atoms with van der Waals surface area (Å²) in [6, 6.07) is 12.1. The molecule has 2 aromatic carbocycles. The van der Waals surface area contributed by atoms with Crippen molar-refractivity contribution >= 4 is 15.9 Å². The summed E-state index contributed by atoms with van der Waals surface area (Å²) in [5.41, 5.74) is 1.13.